The van der Waals surface area contributed by atoms with Gasteiger partial charge < -0.3 is 19.7 Å². The van der Waals surface area contributed by atoms with Crippen LogP contribution >= 0.6 is 7.75 Å². The number of hydrogen-bond donors (Lipinski definition) is 2. The Morgan fingerprint density at radius 2 is 1.80 bits per heavy atom. The SMILES string of the molecule is CON(c1ccccc1)[C@@H](Cc1ccccc1)C(=O)OP(N)(=O)OC[C@@H]1C=C[C@H](n2cnc3c(N(C)C4CC4)nc(N)nc32)C1. The molecule has 1 unspecified atom stereocenters. The second-order valence-electron chi connectivity index (χ2n) is 11.3. The Kier molecular flexibility index (Phi) is 8.86. The van der Waals surface area contributed by atoms with Crippen molar-refractivity contribution >= 4 is 42.3 Å². The summed E-state index contributed by atoms with van der Waals surface area (Å²) < 4.78 is 26.1. The van der Waals surface area contributed by atoms with E-state index in [1.165, 1.54) is 12.2 Å². The number of aromatic nitrogens is 4. The van der Waals surface area contributed by atoms with E-state index in [-0.39, 0.29) is 30.9 Å². The first-order chi connectivity index (χ1) is 21.7. The van der Waals surface area contributed by atoms with Crippen LogP contribution in [-0.4, -0.2) is 58.3 Å². The van der Waals surface area contributed by atoms with Crippen molar-refractivity contribution in [2.75, 3.05) is 36.5 Å². The van der Waals surface area contributed by atoms with Crippen molar-refractivity contribution < 1.29 is 23.2 Å². The maximum absolute atomic E-state index is 13.5. The van der Waals surface area contributed by atoms with Gasteiger partial charge in [0.05, 0.1) is 31.8 Å². The summed E-state index contributed by atoms with van der Waals surface area (Å²) in [6, 6.07) is 17.9. The van der Waals surface area contributed by atoms with Gasteiger partial charge in [-0.2, -0.15) is 9.97 Å². The van der Waals surface area contributed by atoms with Crippen LogP contribution in [0.5, 0.6) is 0 Å². The molecule has 14 heteroatoms. The first-order valence-corrected chi connectivity index (χ1v) is 16.4. The van der Waals surface area contributed by atoms with E-state index < -0.39 is 19.8 Å². The van der Waals surface area contributed by atoms with Gasteiger partial charge in [-0.3, -0.25) is 9.36 Å². The predicted octanol–water partition coefficient (Wildman–Crippen LogP) is 4.43. The minimum atomic E-state index is -4.28. The van der Waals surface area contributed by atoms with Gasteiger partial charge in [-0.25, -0.2) is 24.9 Å². The third kappa shape index (κ3) is 7.02. The lowest BCUT2D eigenvalue weighted by Gasteiger charge is -2.30. The number of carbonyl (C=O) groups excluding carboxylic acids is 1. The summed E-state index contributed by atoms with van der Waals surface area (Å²) in [7, 11) is -0.825. The Morgan fingerprint density at radius 3 is 2.49 bits per heavy atom. The van der Waals surface area contributed by atoms with Crippen molar-refractivity contribution in [2.45, 2.75) is 43.8 Å². The number of para-hydroxylation sites is 1. The second-order valence-corrected chi connectivity index (χ2v) is 12.8. The van der Waals surface area contributed by atoms with E-state index in [0.717, 1.165) is 24.2 Å². The van der Waals surface area contributed by atoms with Crippen LogP contribution < -0.4 is 21.2 Å². The van der Waals surface area contributed by atoms with Gasteiger partial charge in [0.1, 0.15) is 0 Å². The van der Waals surface area contributed by atoms with Gasteiger partial charge in [-0.05, 0) is 37.0 Å². The molecule has 0 bridgehead atoms. The topological polar surface area (TPSA) is 164 Å². The molecule has 45 heavy (non-hydrogen) atoms. The molecule has 4 N–H and O–H groups in total. The highest BCUT2D eigenvalue weighted by molar-refractivity contribution is 7.51. The van der Waals surface area contributed by atoms with E-state index in [0.29, 0.717) is 29.3 Å². The number of rotatable bonds is 13. The van der Waals surface area contributed by atoms with Gasteiger partial charge in [-0.1, -0.05) is 60.7 Å². The molecule has 13 nitrogen and oxygen atoms in total. The number of benzene rings is 2. The van der Waals surface area contributed by atoms with Crippen LogP contribution in [0.3, 0.4) is 0 Å². The quantitative estimate of drug-likeness (QED) is 0.121. The molecule has 1 saturated carbocycles. The Balaban J connectivity index is 1.11. The summed E-state index contributed by atoms with van der Waals surface area (Å²) in [6.07, 6.45) is 8.76. The third-order valence-electron chi connectivity index (χ3n) is 8.08. The van der Waals surface area contributed by atoms with E-state index in [1.54, 1.807) is 18.5 Å². The van der Waals surface area contributed by atoms with Crippen molar-refractivity contribution in [3.63, 3.8) is 0 Å². The van der Waals surface area contributed by atoms with Crippen LogP contribution in [0.4, 0.5) is 17.5 Å². The van der Waals surface area contributed by atoms with E-state index in [9.17, 15) is 9.36 Å². The molecular weight excluding hydrogens is 595 g/mol. The zero-order valence-electron chi connectivity index (χ0n) is 25.2. The molecule has 4 aromatic rings. The fourth-order valence-electron chi connectivity index (χ4n) is 5.62. The zero-order valence-corrected chi connectivity index (χ0v) is 26.1. The lowest BCUT2D eigenvalue weighted by atomic mass is 10.1. The highest BCUT2D eigenvalue weighted by atomic mass is 31.2. The molecule has 0 aliphatic heterocycles. The Hall–Kier alpha value is -4.29. The second kappa shape index (κ2) is 13.0. The van der Waals surface area contributed by atoms with Crippen molar-refractivity contribution in [2.24, 2.45) is 11.4 Å². The fourth-order valence-corrected chi connectivity index (χ4v) is 6.45. The molecule has 0 spiro atoms. The summed E-state index contributed by atoms with van der Waals surface area (Å²) in [4.78, 5) is 34.7. The summed E-state index contributed by atoms with van der Waals surface area (Å²) in [5.41, 5.74) is 14.8. The molecule has 2 aromatic carbocycles. The molecule has 0 radical (unpaired) electrons. The largest absolute Gasteiger partial charge is 0.458 e. The summed E-state index contributed by atoms with van der Waals surface area (Å²) in [5.74, 6) is -0.0687. The number of anilines is 3. The standard InChI is InChI=1S/C31H37N8O5P/c1-37(23-15-16-23)28-27-29(36-31(32)35-28)38(20-34-27)25-14-13-22(17-25)19-43-45(33,41)44-30(40)26(18-21-9-5-3-6-10-21)39(42-2)24-11-7-4-8-12-24/h3-14,20,22-23,25-26H,15-19H2,1-2H3,(H2,33,41)(H2,32,35,36)/t22-,25+,26+,45?/m1/s1. The van der Waals surface area contributed by atoms with E-state index in [4.69, 9.17) is 25.1 Å². The highest BCUT2D eigenvalue weighted by Crippen LogP contribution is 2.43. The fraction of sp³-hybridized carbons (Fsp3) is 0.355. The number of carbonyl (C=O) groups is 1. The lowest BCUT2D eigenvalue weighted by Crippen LogP contribution is -2.43. The van der Waals surface area contributed by atoms with Crippen molar-refractivity contribution in [1.82, 2.24) is 19.5 Å². The molecule has 2 aliphatic rings. The Morgan fingerprint density at radius 1 is 1.09 bits per heavy atom. The molecular formula is C31H37N8O5P. The van der Waals surface area contributed by atoms with Crippen molar-refractivity contribution in [1.29, 1.82) is 0 Å². The number of fused-ring (bicyclic) bond motifs is 1. The summed E-state index contributed by atoms with van der Waals surface area (Å²) in [5, 5.41) is 1.42. The number of nitrogen functional groups attached to an aromatic ring is 1. The smallest absolute Gasteiger partial charge is 0.378 e. The lowest BCUT2D eigenvalue weighted by molar-refractivity contribution is -0.138. The average molecular weight is 633 g/mol. The molecule has 2 aromatic heterocycles. The maximum Gasteiger partial charge on any atom is 0.458 e. The summed E-state index contributed by atoms with van der Waals surface area (Å²) >= 11 is 0. The maximum atomic E-state index is 13.5. The van der Waals surface area contributed by atoms with Crippen LogP contribution in [0.25, 0.3) is 11.2 Å². The van der Waals surface area contributed by atoms with Crippen molar-refractivity contribution in [3.8, 4) is 0 Å². The Bertz CT molecular complexity index is 1720. The molecule has 0 amide bonds. The zero-order chi connectivity index (χ0) is 31.6. The third-order valence-corrected chi connectivity index (χ3v) is 9.02. The summed E-state index contributed by atoms with van der Waals surface area (Å²) in [6.45, 7) is -0.0104. The van der Waals surface area contributed by atoms with Crippen LogP contribution in [0.2, 0.25) is 0 Å². The molecule has 4 atom stereocenters. The van der Waals surface area contributed by atoms with Crippen LogP contribution in [-0.2, 0) is 29.7 Å². The molecule has 2 heterocycles. The average Bonchev–Trinajstić information content (AvgIpc) is 3.64. The predicted molar refractivity (Wildman–Crippen MR) is 171 cm³/mol. The van der Waals surface area contributed by atoms with Gasteiger partial charge in [0, 0.05) is 25.4 Å². The van der Waals surface area contributed by atoms with Gasteiger partial charge in [0.2, 0.25) is 5.95 Å². The molecule has 1 fully saturated rings. The molecule has 236 valence electrons. The highest BCUT2D eigenvalue weighted by Gasteiger charge is 2.36. The minimum absolute atomic E-state index is 0.0104. The Labute approximate surface area is 261 Å². The minimum Gasteiger partial charge on any atom is -0.378 e. The first kappa shape index (κ1) is 30.7. The van der Waals surface area contributed by atoms with E-state index >= 15 is 0 Å². The van der Waals surface area contributed by atoms with Gasteiger partial charge in [-0.15, -0.1) is 0 Å². The first-order valence-electron chi connectivity index (χ1n) is 14.8. The van der Waals surface area contributed by atoms with Crippen LogP contribution in [0, 0.1) is 5.92 Å². The molecule has 6 rings (SSSR count). The van der Waals surface area contributed by atoms with Gasteiger partial charge in [0.15, 0.2) is 23.0 Å². The molecule has 0 saturated heterocycles. The number of hydroxylamine groups is 1. The number of allylic oxidation sites excluding steroid dienone is 1. The van der Waals surface area contributed by atoms with E-state index in [1.807, 2.05) is 72.3 Å². The monoisotopic (exact) mass is 632 g/mol. The molecule has 2 aliphatic carbocycles. The number of imidazole rings is 1. The normalized spacial score (nSPS) is 19.7. The van der Waals surface area contributed by atoms with Crippen LogP contribution in [0.15, 0.2) is 79.1 Å². The number of nitrogens with zero attached hydrogens (tertiary/aromatic N) is 6. The van der Waals surface area contributed by atoms with Crippen molar-refractivity contribution in [3.05, 3.63) is 84.7 Å². The van der Waals surface area contributed by atoms with E-state index in [2.05, 4.69) is 19.9 Å². The van der Waals surface area contributed by atoms with Gasteiger partial charge >= 0.3 is 13.7 Å². The van der Waals surface area contributed by atoms with Gasteiger partial charge in [0.25, 0.3) is 0 Å². The number of hydrogen-bond acceptors (Lipinski definition) is 11. The number of nitrogens with two attached hydrogens (primary N) is 2. The van der Waals surface area contributed by atoms with Crippen LogP contribution in [0.1, 0.15) is 30.9 Å².